The van der Waals surface area contributed by atoms with Crippen LogP contribution in [0.5, 0.6) is 0 Å². The number of tetrazole rings is 1. The normalized spacial score (nSPS) is 10.4. The number of hydrogen-bond donors (Lipinski definition) is 2. The monoisotopic (exact) mass is 390 g/mol. The standard InChI is InChI=1S/C11H9BrF2N6O3/c12-7-1-8(4-15-3-7)20-11(23)19(17-18-20)5-6(9(13)14)2-16-10(21)22/h1,3-4,16H,2,5H2,(H,21,22). The van der Waals surface area contributed by atoms with Crippen LogP contribution in [0.3, 0.4) is 0 Å². The number of carbonyl (C=O) groups is 1. The first-order chi connectivity index (χ1) is 10.9. The minimum atomic E-state index is -2.09. The summed E-state index contributed by atoms with van der Waals surface area (Å²) in [5.41, 5.74) is -1.06. The zero-order valence-electron chi connectivity index (χ0n) is 11.3. The minimum Gasteiger partial charge on any atom is -0.465 e. The van der Waals surface area contributed by atoms with Gasteiger partial charge >= 0.3 is 11.8 Å². The third-order valence-corrected chi connectivity index (χ3v) is 3.07. The summed E-state index contributed by atoms with van der Waals surface area (Å²) in [5.74, 6) is 0. The van der Waals surface area contributed by atoms with Crippen LogP contribution >= 0.6 is 15.9 Å². The van der Waals surface area contributed by atoms with Crippen LogP contribution in [0.1, 0.15) is 0 Å². The number of carboxylic acid groups (broad SMARTS) is 1. The molecule has 23 heavy (non-hydrogen) atoms. The molecule has 0 bridgehead atoms. The number of rotatable bonds is 5. The Hall–Kier alpha value is -2.63. The molecule has 0 radical (unpaired) electrons. The minimum absolute atomic E-state index is 0.297. The van der Waals surface area contributed by atoms with Gasteiger partial charge in [0, 0.05) is 22.8 Å². The molecule has 2 aromatic rings. The van der Waals surface area contributed by atoms with Crippen molar-refractivity contribution in [2.45, 2.75) is 6.54 Å². The van der Waals surface area contributed by atoms with Crippen molar-refractivity contribution in [1.82, 2.24) is 30.1 Å². The second-order valence-electron chi connectivity index (χ2n) is 4.21. The molecule has 0 saturated carbocycles. The fraction of sp³-hybridized carbons (Fsp3) is 0.182. The van der Waals surface area contributed by atoms with Gasteiger partial charge in [-0.15, -0.1) is 0 Å². The van der Waals surface area contributed by atoms with Gasteiger partial charge in [-0.25, -0.2) is 9.59 Å². The lowest BCUT2D eigenvalue weighted by Gasteiger charge is -2.05. The Morgan fingerprint density at radius 2 is 2.09 bits per heavy atom. The summed E-state index contributed by atoms with van der Waals surface area (Å²) in [7, 11) is 0. The van der Waals surface area contributed by atoms with E-state index in [2.05, 4.69) is 31.3 Å². The SMILES string of the molecule is O=C(O)NCC(Cn1nnn(-c2cncc(Br)c2)c1=O)=C(F)F. The van der Waals surface area contributed by atoms with E-state index in [1.807, 2.05) is 0 Å². The van der Waals surface area contributed by atoms with Crippen molar-refractivity contribution >= 4 is 22.0 Å². The molecule has 2 rings (SSSR count). The third kappa shape index (κ3) is 4.18. The molecule has 0 spiro atoms. The summed E-state index contributed by atoms with van der Waals surface area (Å²) in [5, 5.41) is 17.3. The van der Waals surface area contributed by atoms with Gasteiger partial charge in [-0.05, 0) is 32.4 Å². The summed E-state index contributed by atoms with van der Waals surface area (Å²) in [6.07, 6.45) is -0.705. The van der Waals surface area contributed by atoms with Crippen LogP contribution in [0.25, 0.3) is 5.69 Å². The molecular weight excluding hydrogens is 382 g/mol. The average Bonchev–Trinajstić information content (AvgIpc) is 2.84. The maximum Gasteiger partial charge on any atom is 0.404 e. The van der Waals surface area contributed by atoms with Crippen molar-refractivity contribution in [1.29, 1.82) is 0 Å². The number of pyridine rings is 1. The molecular formula is C11H9BrF2N6O3. The number of aromatic nitrogens is 5. The molecule has 122 valence electrons. The lowest BCUT2D eigenvalue weighted by Crippen LogP contribution is -2.29. The smallest absolute Gasteiger partial charge is 0.404 e. The fourth-order valence-electron chi connectivity index (χ4n) is 1.60. The summed E-state index contributed by atoms with van der Waals surface area (Å²) in [4.78, 5) is 26.4. The highest BCUT2D eigenvalue weighted by Crippen LogP contribution is 2.11. The van der Waals surface area contributed by atoms with Gasteiger partial charge in [-0.1, -0.05) is 0 Å². The molecule has 0 fully saturated rings. The second-order valence-corrected chi connectivity index (χ2v) is 5.13. The van der Waals surface area contributed by atoms with Crippen LogP contribution in [0, 0.1) is 0 Å². The Kier molecular flexibility index (Phi) is 5.16. The largest absolute Gasteiger partial charge is 0.465 e. The highest BCUT2D eigenvalue weighted by molar-refractivity contribution is 9.10. The van der Waals surface area contributed by atoms with Crippen molar-refractivity contribution in [2.24, 2.45) is 0 Å². The van der Waals surface area contributed by atoms with Gasteiger partial charge in [0.2, 0.25) is 0 Å². The van der Waals surface area contributed by atoms with Crippen LogP contribution in [-0.2, 0) is 6.54 Å². The van der Waals surface area contributed by atoms with E-state index in [1.165, 1.54) is 12.4 Å². The summed E-state index contributed by atoms with van der Waals surface area (Å²) >= 11 is 3.18. The van der Waals surface area contributed by atoms with Crippen molar-refractivity contribution in [3.8, 4) is 5.69 Å². The quantitative estimate of drug-likeness (QED) is 0.786. The topological polar surface area (TPSA) is 115 Å². The lowest BCUT2D eigenvalue weighted by atomic mass is 10.3. The van der Waals surface area contributed by atoms with Crippen molar-refractivity contribution in [3.05, 3.63) is 45.1 Å². The van der Waals surface area contributed by atoms with Crippen LogP contribution in [0.15, 0.2) is 39.4 Å². The van der Waals surface area contributed by atoms with Crippen molar-refractivity contribution < 1.29 is 18.7 Å². The summed E-state index contributed by atoms with van der Waals surface area (Å²) in [6.45, 7) is -1.22. The molecule has 0 aliphatic rings. The molecule has 1 amide bonds. The number of hydrogen-bond acceptors (Lipinski definition) is 5. The molecule has 0 saturated heterocycles. The van der Waals surface area contributed by atoms with Gasteiger partial charge in [-0.2, -0.15) is 18.1 Å². The van der Waals surface area contributed by atoms with E-state index in [9.17, 15) is 18.4 Å². The van der Waals surface area contributed by atoms with Crippen LogP contribution in [0.4, 0.5) is 13.6 Å². The molecule has 2 N–H and O–H groups in total. The van der Waals surface area contributed by atoms with E-state index < -0.39 is 36.5 Å². The summed E-state index contributed by atoms with van der Waals surface area (Å²) in [6, 6.07) is 1.55. The van der Waals surface area contributed by atoms with Gasteiger partial charge in [0.05, 0.1) is 18.4 Å². The van der Waals surface area contributed by atoms with Gasteiger partial charge in [0.25, 0.3) is 6.08 Å². The van der Waals surface area contributed by atoms with Crippen LogP contribution in [-0.4, -0.2) is 42.5 Å². The molecule has 0 aliphatic carbocycles. The highest BCUT2D eigenvalue weighted by atomic mass is 79.9. The zero-order chi connectivity index (χ0) is 17.0. The second kappa shape index (κ2) is 7.09. The van der Waals surface area contributed by atoms with Gasteiger partial charge in [-0.3, -0.25) is 4.98 Å². The van der Waals surface area contributed by atoms with Gasteiger partial charge < -0.3 is 10.4 Å². The first-order valence-electron chi connectivity index (χ1n) is 6.02. The van der Waals surface area contributed by atoms with Crippen molar-refractivity contribution in [3.63, 3.8) is 0 Å². The van der Waals surface area contributed by atoms with Gasteiger partial charge in [0.1, 0.15) is 0 Å². The number of halogens is 3. The molecule has 2 heterocycles. The van der Waals surface area contributed by atoms with Crippen molar-refractivity contribution in [2.75, 3.05) is 6.54 Å². The zero-order valence-corrected chi connectivity index (χ0v) is 12.9. The number of nitrogens with zero attached hydrogens (tertiary/aromatic N) is 5. The van der Waals surface area contributed by atoms with Crippen LogP contribution in [0.2, 0.25) is 0 Å². The van der Waals surface area contributed by atoms with Crippen LogP contribution < -0.4 is 11.0 Å². The van der Waals surface area contributed by atoms with E-state index in [0.717, 1.165) is 4.68 Å². The Bertz CT molecular complexity index is 814. The molecule has 2 aromatic heterocycles. The Balaban J connectivity index is 2.27. The molecule has 0 unspecified atom stereocenters. The molecule has 0 aliphatic heterocycles. The average molecular weight is 391 g/mol. The maximum atomic E-state index is 12.8. The Labute approximate surface area is 135 Å². The van der Waals surface area contributed by atoms with E-state index in [0.29, 0.717) is 14.8 Å². The van der Waals surface area contributed by atoms with E-state index in [4.69, 9.17) is 5.11 Å². The van der Waals surface area contributed by atoms with E-state index in [1.54, 1.807) is 11.4 Å². The molecule has 0 atom stereocenters. The first-order valence-corrected chi connectivity index (χ1v) is 6.81. The molecule has 9 nitrogen and oxygen atoms in total. The maximum absolute atomic E-state index is 12.8. The van der Waals surface area contributed by atoms with E-state index in [-0.39, 0.29) is 0 Å². The lowest BCUT2D eigenvalue weighted by molar-refractivity contribution is 0.195. The Morgan fingerprint density at radius 3 is 2.70 bits per heavy atom. The predicted octanol–water partition coefficient (Wildman–Crippen LogP) is 1.00. The number of nitrogens with one attached hydrogen (secondary N) is 1. The molecule has 12 heteroatoms. The first kappa shape index (κ1) is 16.7. The summed E-state index contributed by atoms with van der Waals surface area (Å²) < 4.78 is 27.8. The predicted molar refractivity (Wildman–Crippen MR) is 76.4 cm³/mol. The highest BCUT2D eigenvalue weighted by Gasteiger charge is 2.15. The fourth-order valence-corrected chi connectivity index (χ4v) is 1.95. The molecule has 0 aromatic carbocycles. The number of amides is 1. The third-order valence-electron chi connectivity index (χ3n) is 2.64. The Morgan fingerprint density at radius 1 is 1.35 bits per heavy atom. The van der Waals surface area contributed by atoms with E-state index >= 15 is 0 Å². The van der Waals surface area contributed by atoms with Gasteiger partial charge in [0.15, 0.2) is 0 Å².